The zero-order valence-electron chi connectivity index (χ0n) is 11.9. The van der Waals surface area contributed by atoms with Crippen LogP contribution in [0.1, 0.15) is 18.3 Å². The highest BCUT2D eigenvalue weighted by Crippen LogP contribution is 2.27. The third-order valence-electron chi connectivity index (χ3n) is 3.92. The lowest BCUT2D eigenvalue weighted by Crippen LogP contribution is -2.32. The number of methoxy groups -OCH3 is 1. The van der Waals surface area contributed by atoms with Crippen molar-refractivity contribution in [1.29, 1.82) is 0 Å². The van der Waals surface area contributed by atoms with Gasteiger partial charge in [-0.25, -0.2) is 4.98 Å². The van der Waals surface area contributed by atoms with Crippen molar-refractivity contribution in [3.05, 3.63) is 30.1 Å². The molecule has 1 atom stereocenters. The van der Waals surface area contributed by atoms with Crippen LogP contribution in [0.25, 0.3) is 11.0 Å². The SMILES string of the molecule is COCC(=O)N1CC[C@H](n2c(C)nc3ccccc32)C1. The van der Waals surface area contributed by atoms with Gasteiger partial charge in [-0.3, -0.25) is 4.79 Å². The fourth-order valence-corrected chi connectivity index (χ4v) is 3.02. The highest BCUT2D eigenvalue weighted by molar-refractivity contribution is 5.78. The molecule has 0 bridgehead atoms. The minimum Gasteiger partial charge on any atom is -0.375 e. The number of aryl methyl sites for hydroxylation is 1. The molecule has 0 saturated carbocycles. The molecule has 1 saturated heterocycles. The van der Waals surface area contributed by atoms with E-state index in [0.29, 0.717) is 6.04 Å². The molecule has 0 radical (unpaired) electrons. The minimum atomic E-state index is 0.0667. The summed E-state index contributed by atoms with van der Waals surface area (Å²) in [7, 11) is 1.55. The number of fused-ring (bicyclic) bond motifs is 1. The van der Waals surface area contributed by atoms with Crippen molar-refractivity contribution in [3.8, 4) is 0 Å². The van der Waals surface area contributed by atoms with Gasteiger partial charge < -0.3 is 14.2 Å². The first-order valence-corrected chi connectivity index (χ1v) is 6.91. The van der Waals surface area contributed by atoms with E-state index in [4.69, 9.17) is 4.74 Å². The summed E-state index contributed by atoms with van der Waals surface area (Å²) in [5, 5.41) is 0. The summed E-state index contributed by atoms with van der Waals surface area (Å²) in [6.45, 7) is 3.72. The minimum absolute atomic E-state index is 0.0667. The summed E-state index contributed by atoms with van der Waals surface area (Å²) >= 11 is 0. The number of ether oxygens (including phenoxy) is 1. The monoisotopic (exact) mass is 273 g/mol. The molecule has 1 aliphatic rings. The molecular formula is C15H19N3O2. The van der Waals surface area contributed by atoms with Gasteiger partial charge in [-0.1, -0.05) is 12.1 Å². The highest BCUT2D eigenvalue weighted by atomic mass is 16.5. The first-order valence-electron chi connectivity index (χ1n) is 6.91. The van der Waals surface area contributed by atoms with Crippen molar-refractivity contribution in [2.75, 3.05) is 26.8 Å². The van der Waals surface area contributed by atoms with Gasteiger partial charge in [0.2, 0.25) is 5.91 Å². The summed E-state index contributed by atoms with van der Waals surface area (Å²) in [6, 6.07) is 8.46. The lowest BCUT2D eigenvalue weighted by atomic mass is 10.2. The molecule has 1 aromatic carbocycles. The Bertz CT molecular complexity index is 635. The molecule has 0 spiro atoms. The number of para-hydroxylation sites is 2. The molecule has 1 fully saturated rings. The molecule has 0 unspecified atom stereocenters. The molecule has 5 heteroatoms. The maximum absolute atomic E-state index is 11.9. The fraction of sp³-hybridized carbons (Fsp3) is 0.467. The van der Waals surface area contributed by atoms with Crippen molar-refractivity contribution in [2.45, 2.75) is 19.4 Å². The van der Waals surface area contributed by atoms with Gasteiger partial charge in [-0.15, -0.1) is 0 Å². The van der Waals surface area contributed by atoms with Crippen LogP contribution in [0.4, 0.5) is 0 Å². The van der Waals surface area contributed by atoms with Gasteiger partial charge in [0, 0.05) is 20.2 Å². The van der Waals surface area contributed by atoms with Crippen LogP contribution in [-0.4, -0.2) is 47.2 Å². The molecule has 1 aliphatic heterocycles. The second-order valence-electron chi connectivity index (χ2n) is 5.23. The highest BCUT2D eigenvalue weighted by Gasteiger charge is 2.28. The lowest BCUT2D eigenvalue weighted by molar-refractivity contribution is -0.134. The number of amides is 1. The Hall–Kier alpha value is -1.88. The average molecular weight is 273 g/mol. The summed E-state index contributed by atoms with van der Waals surface area (Å²) in [4.78, 5) is 18.4. The van der Waals surface area contributed by atoms with Gasteiger partial charge in [0.25, 0.3) is 0 Å². The standard InChI is InChI=1S/C15H19N3O2/c1-11-16-13-5-3-4-6-14(13)18(11)12-7-8-17(9-12)15(19)10-20-2/h3-6,12H,7-10H2,1-2H3/t12-/m0/s1. The largest absolute Gasteiger partial charge is 0.375 e. The molecule has 2 heterocycles. The quantitative estimate of drug-likeness (QED) is 0.856. The van der Waals surface area contributed by atoms with Gasteiger partial charge in [-0.2, -0.15) is 0 Å². The Labute approximate surface area is 118 Å². The Balaban J connectivity index is 1.86. The van der Waals surface area contributed by atoms with E-state index in [2.05, 4.69) is 15.6 Å². The van der Waals surface area contributed by atoms with Crippen molar-refractivity contribution in [3.63, 3.8) is 0 Å². The van der Waals surface area contributed by atoms with Crippen LogP contribution in [0.15, 0.2) is 24.3 Å². The molecule has 0 N–H and O–H groups in total. The number of hydrogen-bond acceptors (Lipinski definition) is 3. The molecule has 20 heavy (non-hydrogen) atoms. The Morgan fingerprint density at radius 1 is 1.45 bits per heavy atom. The zero-order chi connectivity index (χ0) is 14.1. The summed E-state index contributed by atoms with van der Waals surface area (Å²) in [5.41, 5.74) is 2.17. The third kappa shape index (κ3) is 2.18. The Kier molecular flexibility index (Phi) is 3.44. The zero-order valence-corrected chi connectivity index (χ0v) is 11.9. The average Bonchev–Trinajstić information content (AvgIpc) is 3.01. The number of rotatable bonds is 3. The van der Waals surface area contributed by atoms with Crippen LogP contribution >= 0.6 is 0 Å². The van der Waals surface area contributed by atoms with E-state index in [9.17, 15) is 4.79 Å². The van der Waals surface area contributed by atoms with E-state index < -0.39 is 0 Å². The normalized spacial score (nSPS) is 18.9. The van der Waals surface area contributed by atoms with Gasteiger partial charge in [-0.05, 0) is 25.5 Å². The lowest BCUT2D eigenvalue weighted by Gasteiger charge is -2.18. The van der Waals surface area contributed by atoms with Crippen molar-refractivity contribution < 1.29 is 9.53 Å². The van der Waals surface area contributed by atoms with E-state index in [1.54, 1.807) is 7.11 Å². The number of hydrogen-bond donors (Lipinski definition) is 0. The van der Waals surface area contributed by atoms with Crippen LogP contribution in [0, 0.1) is 6.92 Å². The second-order valence-corrected chi connectivity index (χ2v) is 5.23. The van der Waals surface area contributed by atoms with Gasteiger partial charge in [0.15, 0.2) is 0 Å². The summed E-state index contributed by atoms with van der Waals surface area (Å²) in [6.07, 6.45) is 0.969. The van der Waals surface area contributed by atoms with E-state index in [1.165, 1.54) is 0 Å². The second kappa shape index (κ2) is 5.25. The van der Waals surface area contributed by atoms with Gasteiger partial charge >= 0.3 is 0 Å². The molecule has 106 valence electrons. The molecule has 5 nitrogen and oxygen atoms in total. The van der Waals surface area contributed by atoms with Gasteiger partial charge in [0.05, 0.1) is 17.1 Å². The topological polar surface area (TPSA) is 47.4 Å². The Morgan fingerprint density at radius 3 is 3.05 bits per heavy atom. The smallest absolute Gasteiger partial charge is 0.248 e. The van der Waals surface area contributed by atoms with E-state index in [0.717, 1.165) is 36.4 Å². The molecular weight excluding hydrogens is 254 g/mol. The molecule has 1 amide bonds. The number of nitrogens with zero attached hydrogens (tertiary/aromatic N) is 3. The van der Waals surface area contributed by atoms with Crippen molar-refractivity contribution in [2.24, 2.45) is 0 Å². The third-order valence-corrected chi connectivity index (χ3v) is 3.92. The van der Waals surface area contributed by atoms with Crippen LogP contribution in [0.2, 0.25) is 0 Å². The number of likely N-dealkylation sites (tertiary alicyclic amines) is 1. The molecule has 1 aromatic heterocycles. The first kappa shape index (κ1) is 13.1. The van der Waals surface area contributed by atoms with Crippen LogP contribution in [0.5, 0.6) is 0 Å². The predicted molar refractivity (Wildman–Crippen MR) is 76.6 cm³/mol. The summed E-state index contributed by atoms with van der Waals surface area (Å²) in [5.74, 6) is 1.08. The van der Waals surface area contributed by atoms with Crippen LogP contribution in [0.3, 0.4) is 0 Å². The van der Waals surface area contributed by atoms with Crippen molar-refractivity contribution in [1.82, 2.24) is 14.5 Å². The maximum atomic E-state index is 11.9. The maximum Gasteiger partial charge on any atom is 0.248 e. The van der Waals surface area contributed by atoms with Crippen LogP contribution in [-0.2, 0) is 9.53 Å². The molecule has 0 aliphatic carbocycles. The van der Waals surface area contributed by atoms with E-state index in [-0.39, 0.29) is 12.5 Å². The molecule has 3 rings (SSSR count). The number of aromatic nitrogens is 2. The van der Waals surface area contributed by atoms with E-state index in [1.807, 2.05) is 30.0 Å². The number of carbonyl (C=O) groups excluding carboxylic acids is 1. The predicted octanol–water partition coefficient (Wildman–Crippen LogP) is 1.76. The van der Waals surface area contributed by atoms with E-state index >= 15 is 0 Å². The van der Waals surface area contributed by atoms with Crippen LogP contribution < -0.4 is 0 Å². The molecule has 2 aromatic rings. The fourth-order valence-electron chi connectivity index (χ4n) is 3.02. The van der Waals surface area contributed by atoms with Gasteiger partial charge in [0.1, 0.15) is 12.4 Å². The first-order chi connectivity index (χ1) is 9.70. The Morgan fingerprint density at radius 2 is 2.25 bits per heavy atom. The summed E-state index contributed by atoms with van der Waals surface area (Å²) < 4.78 is 7.18. The number of imidazole rings is 1. The number of benzene rings is 1. The van der Waals surface area contributed by atoms with Crippen molar-refractivity contribution >= 4 is 16.9 Å². The number of carbonyl (C=O) groups is 1.